The molecule has 0 aliphatic carbocycles. The van der Waals surface area contributed by atoms with Crippen LogP contribution in [0.3, 0.4) is 0 Å². The summed E-state index contributed by atoms with van der Waals surface area (Å²) in [6.07, 6.45) is 0. The maximum atomic E-state index is 12.8. The Morgan fingerprint density at radius 1 is 1.04 bits per heavy atom. The van der Waals surface area contributed by atoms with E-state index >= 15 is 0 Å². The molecule has 0 fully saturated rings. The lowest BCUT2D eigenvalue weighted by Gasteiger charge is -2.19. The minimum Gasteiger partial charge on any atom is -0.336 e. The molecular weight excluding hydrogens is 334 g/mol. The van der Waals surface area contributed by atoms with E-state index in [-0.39, 0.29) is 11.3 Å². The number of aryl methyl sites for hydroxylation is 1. The van der Waals surface area contributed by atoms with E-state index < -0.39 is 0 Å². The highest BCUT2D eigenvalue weighted by atomic mass is 16.2. The molecule has 0 unspecified atom stereocenters. The van der Waals surface area contributed by atoms with Crippen LogP contribution in [-0.2, 0) is 19.0 Å². The summed E-state index contributed by atoms with van der Waals surface area (Å²) in [6.45, 7) is 7.16. The van der Waals surface area contributed by atoms with Crippen molar-refractivity contribution in [2.45, 2.75) is 32.7 Å². The molecule has 140 valence electrons. The SMILES string of the molecule is CN(Cc1ccccc1)C(=O)c1cc(-c2ccc(C(C)(C)C)cc2)n(C)n1. The summed E-state index contributed by atoms with van der Waals surface area (Å²) in [6, 6.07) is 20.3. The lowest BCUT2D eigenvalue weighted by molar-refractivity contribution is 0.0778. The molecular formula is C23H27N3O. The second-order valence-electron chi connectivity index (χ2n) is 8.01. The molecule has 1 heterocycles. The van der Waals surface area contributed by atoms with E-state index in [1.54, 1.807) is 9.58 Å². The fourth-order valence-electron chi connectivity index (χ4n) is 3.11. The van der Waals surface area contributed by atoms with Gasteiger partial charge in [0.25, 0.3) is 5.91 Å². The molecule has 0 saturated carbocycles. The predicted octanol–water partition coefficient (Wildman–Crippen LogP) is 4.66. The van der Waals surface area contributed by atoms with E-state index in [1.807, 2.05) is 50.5 Å². The lowest BCUT2D eigenvalue weighted by Crippen LogP contribution is -2.26. The van der Waals surface area contributed by atoms with Crippen LogP contribution in [0.15, 0.2) is 60.7 Å². The highest BCUT2D eigenvalue weighted by Crippen LogP contribution is 2.26. The zero-order valence-electron chi connectivity index (χ0n) is 16.7. The average Bonchev–Trinajstić information content (AvgIpc) is 3.03. The van der Waals surface area contributed by atoms with Crippen molar-refractivity contribution in [1.82, 2.24) is 14.7 Å². The van der Waals surface area contributed by atoms with Crippen molar-refractivity contribution in [1.29, 1.82) is 0 Å². The molecule has 27 heavy (non-hydrogen) atoms. The minimum absolute atomic E-state index is 0.0768. The Bertz CT molecular complexity index is 919. The van der Waals surface area contributed by atoms with E-state index in [2.05, 4.69) is 50.1 Å². The molecule has 0 N–H and O–H groups in total. The third-order valence-electron chi connectivity index (χ3n) is 4.75. The number of carbonyl (C=O) groups excluding carboxylic acids is 1. The predicted molar refractivity (Wildman–Crippen MR) is 110 cm³/mol. The molecule has 0 spiro atoms. The Hall–Kier alpha value is -2.88. The van der Waals surface area contributed by atoms with Crippen molar-refractivity contribution < 1.29 is 4.79 Å². The van der Waals surface area contributed by atoms with E-state index in [4.69, 9.17) is 0 Å². The monoisotopic (exact) mass is 361 g/mol. The number of amides is 1. The van der Waals surface area contributed by atoms with E-state index in [1.165, 1.54) is 5.56 Å². The van der Waals surface area contributed by atoms with Gasteiger partial charge in [0, 0.05) is 20.6 Å². The van der Waals surface area contributed by atoms with Crippen LogP contribution in [0.2, 0.25) is 0 Å². The zero-order valence-corrected chi connectivity index (χ0v) is 16.7. The third-order valence-corrected chi connectivity index (χ3v) is 4.75. The van der Waals surface area contributed by atoms with Gasteiger partial charge in [-0.25, -0.2) is 0 Å². The normalized spacial score (nSPS) is 11.4. The molecule has 4 nitrogen and oxygen atoms in total. The summed E-state index contributed by atoms with van der Waals surface area (Å²) in [5, 5.41) is 4.45. The number of benzene rings is 2. The molecule has 2 aromatic carbocycles. The highest BCUT2D eigenvalue weighted by Gasteiger charge is 2.19. The van der Waals surface area contributed by atoms with Crippen LogP contribution >= 0.6 is 0 Å². The number of rotatable bonds is 4. The summed E-state index contributed by atoms with van der Waals surface area (Å²) in [5.41, 5.74) is 4.96. The molecule has 1 aromatic heterocycles. The van der Waals surface area contributed by atoms with Gasteiger partial charge in [-0.15, -0.1) is 0 Å². The van der Waals surface area contributed by atoms with Gasteiger partial charge < -0.3 is 4.90 Å². The van der Waals surface area contributed by atoms with Crippen LogP contribution in [0, 0.1) is 0 Å². The Kier molecular flexibility index (Phi) is 5.17. The van der Waals surface area contributed by atoms with Gasteiger partial charge in [-0.2, -0.15) is 5.10 Å². The van der Waals surface area contributed by atoms with Gasteiger partial charge in [0.1, 0.15) is 0 Å². The van der Waals surface area contributed by atoms with Crippen LogP contribution in [0.1, 0.15) is 42.4 Å². The number of carbonyl (C=O) groups is 1. The quantitative estimate of drug-likeness (QED) is 0.678. The third kappa shape index (κ3) is 4.27. The molecule has 0 radical (unpaired) electrons. The van der Waals surface area contributed by atoms with Gasteiger partial charge in [0.05, 0.1) is 5.69 Å². The molecule has 0 bridgehead atoms. The van der Waals surface area contributed by atoms with Crippen molar-refractivity contribution in [2.75, 3.05) is 7.05 Å². The first-order valence-corrected chi connectivity index (χ1v) is 9.20. The number of hydrogen-bond acceptors (Lipinski definition) is 2. The summed E-state index contributed by atoms with van der Waals surface area (Å²) >= 11 is 0. The van der Waals surface area contributed by atoms with Crippen LogP contribution in [-0.4, -0.2) is 27.6 Å². The summed E-state index contributed by atoms with van der Waals surface area (Å²) < 4.78 is 1.77. The maximum absolute atomic E-state index is 12.8. The summed E-state index contributed by atoms with van der Waals surface area (Å²) in [5.74, 6) is -0.0768. The molecule has 0 saturated heterocycles. The van der Waals surface area contributed by atoms with Gasteiger partial charge in [0.2, 0.25) is 0 Å². The largest absolute Gasteiger partial charge is 0.336 e. The van der Waals surface area contributed by atoms with Gasteiger partial charge >= 0.3 is 0 Å². The molecule has 0 aliphatic heterocycles. The smallest absolute Gasteiger partial charge is 0.274 e. The molecule has 3 rings (SSSR count). The van der Waals surface area contributed by atoms with Gasteiger partial charge in [0.15, 0.2) is 5.69 Å². The second kappa shape index (κ2) is 7.39. The summed E-state index contributed by atoms with van der Waals surface area (Å²) in [7, 11) is 3.68. The van der Waals surface area contributed by atoms with Gasteiger partial charge in [-0.1, -0.05) is 75.4 Å². The van der Waals surface area contributed by atoms with Crippen LogP contribution in [0.4, 0.5) is 0 Å². The topological polar surface area (TPSA) is 38.1 Å². The van der Waals surface area contributed by atoms with Crippen molar-refractivity contribution in [3.63, 3.8) is 0 Å². The standard InChI is InChI=1S/C23H27N3O/c1-23(2,3)19-13-11-18(12-14-19)21-15-20(24-26(21)5)22(27)25(4)16-17-9-7-6-8-10-17/h6-15H,16H2,1-5H3. The molecule has 0 aliphatic rings. The average molecular weight is 361 g/mol. The van der Waals surface area contributed by atoms with E-state index in [0.717, 1.165) is 16.8 Å². The fourth-order valence-corrected chi connectivity index (χ4v) is 3.11. The van der Waals surface area contributed by atoms with Gasteiger partial charge in [-0.3, -0.25) is 9.48 Å². The number of nitrogens with zero attached hydrogens (tertiary/aromatic N) is 3. The maximum Gasteiger partial charge on any atom is 0.274 e. The first-order chi connectivity index (χ1) is 12.8. The Labute approximate surface area is 161 Å². The Morgan fingerprint density at radius 2 is 1.67 bits per heavy atom. The Morgan fingerprint density at radius 3 is 2.26 bits per heavy atom. The molecule has 1 amide bonds. The fraction of sp³-hybridized carbons (Fsp3) is 0.304. The number of hydrogen-bond donors (Lipinski definition) is 0. The lowest BCUT2D eigenvalue weighted by atomic mass is 9.86. The first-order valence-electron chi connectivity index (χ1n) is 9.20. The van der Waals surface area contributed by atoms with Crippen molar-refractivity contribution in [3.8, 4) is 11.3 Å². The van der Waals surface area contributed by atoms with Crippen LogP contribution in [0.25, 0.3) is 11.3 Å². The highest BCUT2D eigenvalue weighted by molar-refractivity contribution is 5.93. The Balaban J connectivity index is 1.80. The first kappa shape index (κ1) is 18.9. The van der Waals surface area contributed by atoms with E-state index in [0.29, 0.717) is 12.2 Å². The zero-order chi connectivity index (χ0) is 19.6. The number of aromatic nitrogens is 2. The van der Waals surface area contributed by atoms with Gasteiger partial charge in [-0.05, 0) is 28.2 Å². The minimum atomic E-state index is -0.0768. The van der Waals surface area contributed by atoms with Crippen LogP contribution < -0.4 is 0 Å². The van der Waals surface area contributed by atoms with Crippen molar-refractivity contribution in [2.24, 2.45) is 7.05 Å². The molecule has 4 heteroatoms. The molecule has 0 atom stereocenters. The van der Waals surface area contributed by atoms with Crippen molar-refractivity contribution in [3.05, 3.63) is 77.5 Å². The molecule has 3 aromatic rings. The van der Waals surface area contributed by atoms with E-state index in [9.17, 15) is 4.79 Å². The second-order valence-corrected chi connectivity index (χ2v) is 8.01. The summed E-state index contributed by atoms with van der Waals surface area (Å²) in [4.78, 5) is 14.5. The van der Waals surface area contributed by atoms with Crippen LogP contribution in [0.5, 0.6) is 0 Å². The van der Waals surface area contributed by atoms with Crippen molar-refractivity contribution >= 4 is 5.91 Å².